The number of hydrogen-bond acceptors (Lipinski definition) is 6. The van der Waals surface area contributed by atoms with Gasteiger partial charge in [0.1, 0.15) is 17.5 Å². The van der Waals surface area contributed by atoms with E-state index in [-0.39, 0.29) is 34.0 Å². The van der Waals surface area contributed by atoms with Crippen LogP contribution in [-0.2, 0) is 0 Å². The third-order valence-corrected chi connectivity index (χ3v) is 3.17. The molecule has 0 aliphatic rings. The first-order chi connectivity index (χ1) is 11.3. The molecule has 0 saturated carbocycles. The molecule has 0 aliphatic carbocycles. The number of aromatic nitrogens is 4. The lowest BCUT2D eigenvalue weighted by molar-refractivity contribution is 0.504. The van der Waals surface area contributed by atoms with Gasteiger partial charge in [-0.25, -0.2) is 19.6 Å². The smallest absolute Gasteiger partial charge is 0.267 e. The van der Waals surface area contributed by atoms with Crippen LogP contribution in [0.2, 0.25) is 5.15 Å². The fourth-order valence-electron chi connectivity index (χ4n) is 1.83. The molecule has 0 aromatic carbocycles. The molecule has 0 unspecified atom stereocenters. The van der Waals surface area contributed by atoms with Crippen molar-refractivity contribution in [3.8, 4) is 17.5 Å². The maximum atomic E-state index is 11.8. The Morgan fingerprint density at radius 1 is 1.38 bits per heavy atom. The zero-order valence-electron chi connectivity index (χ0n) is 13.7. The first-order valence-electron chi connectivity index (χ1n) is 7.12. The second-order valence-electron chi connectivity index (χ2n) is 5.45. The monoisotopic (exact) mass is 345 g/mol. The lowest BCUT2D eigenvalue weighted by Crippen LogP contribution is -2.24. The average Bonchev–Trinajstić information content (AvgIpc) is 2.53. The Bertz CT molecular complexity index is 880. The minimum absolute atomic E-state index is 0.0246. The number of aliphatic imine (C=N–C) groups is 1. The van der Waals surface area contributed by atoms with Gasteiger partial charge < -0.3 is 4.90 Å². The van der Waals surface area contributed by atoms with Crippen molar-refractivity contribution >= 4 is 23.8 Å². The van der Waals surface area contributed by atoms with Crippen molar-refractivity contribution in [2.75, 3.05) is 14.1 Å². The molecule has 0 N–H and O–H groups in total. The van der Waals surface area contributed by atoms with Crippen LogP contribution in [0.25, 0.3) is 11.4 Å². The van der Waals surface area contributed by atoms with Crippen LogP contribution >= 0.6 is 11.6 Å². The topological polar surface area (TPSA) is 100 Å². The first-order valence-corrected chi connectivity index (χ1v) is 7.49. The van der Waals surface area contributed by atoms with Crippen LogP contribution in [0.15, 0.2) is 21.9 Å². The summed E-state index contributed by atoms with van der Waals surface area (Å²) in [5, 5.41) is 13.6. The van der Waals surface area contributed by atoms with Gasteiger partial charge in [-0.1, -0.05) is 11.6 Å². The highest BCUT2D eigenvalue weighted by molar-refractivity contribution is 6.31. The maximum Gasteiger partial charge on any atom is 0.267 e. The molecule has 2 aromatic heterocycles. The van der Waals surface area contributed by atoms with Gasteiger partial charge in [0, 0.05) is 20.2 Å². The van der Waals surface area contributed by atoms with Crippen molar-refractivity contribution in [1.82, 2.24) is 24.6 Å². The standard InChI is InChI=1S/C15H16ClN7O/c1-9(2)23-12(24)6-5-10(21-23)13-14(16)20-15(11(7-17)19-13)18-8-22(3)4/h5-6,8-9H,1-4H3/b18-8-. The molecule has 0 spiro atoms. The lowest BCUT2D eigenvalue weighted by atomic mass is 10.3. The zero-order chi connectivity index (χ0) is 17.9. The molecule has 0 aliphatic heterocycles. The Hall–Kier alpha value is -2.79. The van der Waals surface area contributed by atoms with Crippen molar-refractivity contribution in [2.24, 2.45) is 4.99 Å². The molecule has 2 rings (SSSR count). The number of hydrogen-bond donors (Lipinski definition) is 0. The molecule has 8 nitrogen and oxygen atoms in total. The van der Waals surface area contributed by atoms with E-state index in [2.05, 4.69) is 20.1 Å². The molecular weight excluding hydrogens is 330 g/mol. The van der Waals surface area contributed by atoms with Crippen LogP contribution in [0.5, 0.6) is 0 Å². The van der Waals surface area contributed by atoms with Gasteiger partial charge in [-0.05, 0) is 19.9 Å². The highest BCUT2D eigenvalue weighted by atomic mass is 35.5. The maximum absolute atomic E-state index is 11.8. The number of nitrogens with zero attached hydrogens (tertiary/aromatic N) is 7. The molecule has 0 amide bonds. The Labute approximate surface area is 144 Å². The number of nitriles is 1. The van der Waals surface area contributed by atoms with Gasteiger partial charge in [-0.15, -0.1) is 0 Å². The average molecular weight is 346 g/mol. The number of rotatable bonds is 4. The Morgan fingerprint density at radius 2 is 2.08 bits per heavy atom. The second kappa shape index (κ2) is 7.19. The van der Waals surface area contributed by atoms with Crippen LogP contribution in [0.3, 0.4) is 0 Å². The molecule has 0 bridgehead atoms. The summed E-state index contributed by atoms with van der Waals surface area (Å²) in [5.74, 6) is 0.122. The predicted molar refractivity (Wildman–Crippen MR) is 91.5 cm³/mol. The van der Waals surface area contributed by atoms with E-state index in [1.54, 1.807) is 19.0 Å². The van der Waals surface area contributed by atoms with E-state index >= 15 is 0 Å². The van der Waals surface area contributed by atoms with Gasteiger partial charge in [0.25, 0.3) is 5.56 Å². The quantitative estimate of drug-likeness (QED) is 0.620. The Balaban J connectivity index is 2.59. The van der Waals surface area contributed by atoms with Crippen molar-refractivity contribution < 1.29 is 0 Å². The Morgan fingerprint density at radius 3 is 2.67 bits per heavy atom. The van der Waals surface area contributed by atoms with Crippen molar-refractivity contribution in [2.45, 2.75) is 19.9 Å². The first kappa shape index (κ1) is 17.6. The molecule has 0 fully saturated rings. The summed E-state index contributed by atoms with van der Waals surface area (Å²) in [5.41, 5.74) is 0.383. The molecule has 9 heteroatoms. The highest BCUT2D eigenvalue weighted by Gasteiger charge is 2.16. The minimum atomic E-state index is -0.231. The SMILES string of the molecule is CC(C)n1nc(-c2nc(C#N)c(/N=C\N(C)C)nc2Cl)ccc1=O. The fourth-order valence-corrected chi connectivity index (χ4v) is 2.05. The molecular formula is C15H16ClN7O. The fraction of sp³-hybridized carbons (Fsp3) is 0.333. The van der Waals surface area contributed by atoms with E-state index in [1.165, 1.54) is 23.2 Å². The summed E-state index contributed by atoms with van der Waals surface area (Å²) >= 11 is 6.18. The highest BCUT2D eigenvalue weighted by Crippen LogP contribution is 2.26. The van der Waals surface area contributed by atoms with Gasteiger partial charge >= 0.3 is 0 Å². The molecule has 2 aromatic rings. The third-order valence-electron chi connectivity index (χ3n) is 2.91. The predicted octanol–water partition coefficient (Wildman–Crippen LogP) is 2.03. The van der Waals surface area contributed by atoms with Crippen LogP contribution in [-0.4, -0.2) is 45.1 Å². The van der Waals surface area contributed by atoms with Gasteiger partial charge in [0.2, 0.25) is 0 Å². The summed E-state index contributed by atoms with van der Waals surface area (Å²) in [6, 6.07) is 4.70. The van der Waals surface area contributed by atoms with Gasteiger partial charge in [-0.3, -0.25) is 4.79 Å². The van der Waals surface area contributed by atoms with Crippen LogP contribution < -0.4 is 5.56 Å². The summed E-state index contributed by atoms with van der Waals surface area (Å²) < 4.78 is 1.32. The normalized spacial score (nSPS) is 11.0. The molecule has 0 atom stereocenters. The summed E-state index contributed by atoms with van der Waals surface area (Å²) in [7, 11) is 3.58. The number of halogens is 1. The third kappa shape index (κ3) is 3.75. The summed E-state index contributed by atoms with van der Waals surface area (Å²) in [6.07, 6.45) is 1.50. The molecule has 2 heterocycles. The summed E-state index contributed by atoms with van der Waals surface area (Å²) in [4.78, 5) is 25.9. The van der Waals surface area contributed by atoms with Crippen LogP contribution in [0, 0.1) is 11.3 Å². The molecule has 0 radical (unpaired) electrons. The second-order valence-corrected chi connectivity index (χ2v) is 5.81. The van der Waals surface area contributed by atoms with Crippen molar-refractivity contribution in [3.05, 3.63) is 33.3 Å². The molecule has 0 saturated heterocycles. The van der Waals surface area contributed by atoms with E-state index in [0.29, 0.717) is 5.69 Å². The van der Waals surface area contributed by atoms with Crippen molar-refractivity contribution in [1.29, 1.82) is 5.26 Å². The van der Waals surface area contributed by atoms with Gasteiger partial charge in [0.05, 0.1) is 12.4 Å². The Kier molecular flexibility index (Phi) is 5.26. The zero-order valence-corrected chi connectivity index (χ0v) is 14.5. The summed E-state index contributed by atoms with van der Waals surface area (Å²) in [6.45, 7) is 3.68. The molecule has 124 valence electrons. The van der Waals surface area contributed by atoms with E-state index in [1.807, 2.05) is 19.9 Å². The molecule has 24 heavy (non-hydrogen) atoms. The van der Waals surface area contributed by atoms with Gasteiger partial charge in [-0.2, -0.15) is 10.4 Å². The minimum Gasteiger partial charge on any atom is -0.369 e. The van der Waals surface area contributed by atoms with E-state index in [0.717, 1.165) is 0 Å². The lowest BCUT2D eigenvalue weighted by Gasteiger charge is -2.10. The van der Waals surface area contributed by atoms with Crippen molar-refractivity contribution in [3.63, 3.8) is 0 Å². The van der Waals surface area contributed by atoms with Crippen LogP contribution in [0.4, 0.5) is 5.82 Å². The van der Waals surface area contributed by atoms with Gasteiger partial charge in [0.15, 0.2) is 16.7 Å². The van der Waals surface area contributed by atoms with E-state index < -0.39 is 0 Å². The van der Waals surface area contributed by atoms with Crippen LogP contribution in [0.1, 0.15) is 25.6 Å². The van der Waals surface area contributed by atoms with E-state index in [9.17, 15) is 10.1 Å². The largest absolute Gasteiger partial charge is 0.369 e. The van der Waals surface area contributed by atoms with E-state index in [4.69, 9.17) is 11.6 Å².